The summed E-state index contributed by atoms with van der Waals surface area (Å²) in [4.78, 5) is 24.1. The Morgan fingerprint density at radius 2 is 1.80 bits per heavy atom. The maximum atomic E-state index is 11.9. The summed E-state index contributed by atoms with van der Waals surface area (Å²) in [6, 6.07) is 12.4. The lowest BCUT2D eigenvalue weighted by Crippen LogP contribution is -2.41. The molecule has 3 aromatic rings. The SMILES string of the molecule is O=C(NNC(=O)c1cccs1)c1cc2ccccc2o1. The number of carbonyl (C=O) groups excluding carboxylic acids is 2. The maximum absolute atomic E-state index is 11.9. The first-order valence-electron chi connectivity index (χ1n) is 5.87. The second kappa shape index (κ2) is 5.18. The predicted octanol–water partition coefficient (Wildman–Crippen LogP) is 2.57. The monoisotopic (exact) mass is 286 g/mol. The van der Waals surface area contributed by atoms with Gasteiger partial charge in [-0.05, 0) is 23.6 Å². The first-order chi connectivity index (χ1) is 9.74. The molecule has 2 N–H and O–H groups in total. The van der Waals surface area contributed by atoms with E-state index in [4.69, 9.17) is 4.42 Å². The Bertz CT molecular complexity index is 729. The molecule has 3 rings (SSSR count). The normalized spacial score (nSPS) is 10.4. The van der Waals surface area contributed by atoms with Crippen LogP contribution in [0, 0.1) is 0 Å². The van der Waals surface area contributed by atoms with E-state index >= 15 is 0 Å². The van der Waals surface area contributed by atoms with Crippen LogP contribution in [0.5, 0.6) is 0 Å². The number of amides is 2. The molecule has 0 spiro atoms. The van der Waals surface area contributed by atoms with Crippen LogP contribution in [-0.2, 0) is 0 Å². The van der Waals surface area contributed by atoms with E-state index in [1.165, 1.54) is 11.3 Å². The van der Waals surface area contributed by atoms with E-state index in [0.29, 0.717) is 10.5 Å². The van der Waals surface area contributed by atoms with Gasteiger partial charge in [0.25, 0.3) is 5.91 Å². The molecule has 0 saturated heterocycles. The van der Waals surface area contributed by atoms with Crippen LogP contribution in [0.25, 0.3) is 11.0 Å². The Labute approximate surface area is 118 Å². The van der Waals surface area contributed by atoms with E-state index in [9.17, 15) is 9.59 Å². The van der Waals surface area contributed by atoms with E-state index in [-0.39, 0.29) is 11.7 Å². The highest BCUT2D eigenvalue weighted by Gasteiger charge is 2.13. The Morgan fingerprint density at radius 1 is 1.00 bits per heavy atom. The smallest absolute Gasteiger partial charge is 0.305 e. The minimum atomic E-state index is -0.494. The molecule has 20 heavy (non-hydrogen) atoms. The van der Waals surface area contributed by atoms with E-state index in [1.807, 2.05) is 18.2 Å². The van der Waals surface area contributed by atoms with E-state index < -0.39 is 5.91 Å². The molecule has 0 atom stereocenters. The van der Waals surface area contributed by atoms with Crippen LogP contribution in [-0.4, -0.2) is 11.8 Å². The topological polar surface area (TPSA) is 71.3 Å². The van der Waals surface area contributed by atoms with Gasteiger partial charge in [-0.15, -0.1) is 11.3 Å². The zero-order chi connectivity index (χ0) is 13.9. The van der Waals surface area contributed by atoms with Gasteiger partial charge >= 0.3 is 5.91 Å². The number of rotatable bonds is 2. The number of hydrazine groups is 1. The molecule has 0 aliphatic carbocycles. The highest BCUT2D eigenvalue weighted by molar-refractivity contribution is 7.12. The van der Waals surface area contributed by atoms with Gasteiger partial charge in [0.05, 0.1) is 4.88 Å². The minimum Gasteiger partial charge on any atom is -0.451 e. The number of benzene rings is 1. The number of hydrogen-bond acceptors (Lipinski definition) is 4. The number of furan rings is 1. The van der Waals surface area contributed by atoms with Gasteiger partial charge in [0.1, 0.15) is 5.58 Å². The van der Waals surface area contributed by atoms with Crippen molar-refractivity contribution >= 4 is 34.1 Å². The van der Waals surface area contributed by atoms with Gasteiger partial charge in [0, 0.05) is 5.39 Å². The molecular formula is C14H10N2O3S. The third-order valence-electron chi connectivity index (χ3n) is 2.68. The number of fused-ring (bicyclic) bond motifs is 1. The number of thiophene rings is 1. The van der Waals surface area contributed by atoms with Crippen LogP contribution < -0.4 is 10.9 Å². The summed E-state index contributed by atoms with van der Waals surface area (Å²) in [6.45, 7) is 0. The second-order valence-corrected chi connectivity index (χ2v) is 4.98. The Hall–Kier alpha value is -2.60. The molecule has 0 fully saturated rings. The molecule has 0 aliphatic heterocycles. The van der Waals surface area contributed by atoms with Crippen LogP contribution in [0.15, 0.2) is 52.3 Å². The zero-order valence-electron chi connectivity index (χ0n) is 10.3. The van der Waals surface area contributed by atoms with Crippen molar-refractivity contribution in [1.82, 2.24) is 10.9 Å². The van der Waals surface area contributed by atoms with Gasteiger partial charge in [-0.2, -0.15) is 0 Å². The van der Waals surface area contributed by atoms with Crippen LogP contribution >= 0.6 is 11.3 Å². The number of carbonyl (C=O) groups is 2. The van der Waals surface area contributed by atoms with Crippen LogP contribution in [0.2, 0.25) is 0 Å². The standard InChI is InChI=1S/C14H10N2O3S/c17-13(15-16-14(18)12-6-3-7-20-12)11-8-9-4-1-2-5-10(9)19-11/h1-8H,(H,15,17)(H,16,18). The second-order valence-electron chi connectivity index (χ2n) is 4.03. The largest absolute Gasteiger partial charge is 0.451 e. The van der Waals surface area contributed by atoms with Crippen molar-refractivity contribution < 1.29 is 14.0 Å². The van der Waals surface area contributed by atoms with Gasteiger partial charge in [0.15, 0.2) is 5.76 Å². The summed E-state index contributed by atoms with van der Waals surface area (Å²) < 4.78 is 5.39. The van der Waals surface area contributed by atoms with Gasteiger partial charge < -0.3 is 4.42 Å². The predicted molar refractivity (Wildman–Crippen MR) is 75.5 cm³/mol. The van der Waals surface area contributed by atoms with Crippen molar-refractivity contribution in [3.05, 3.63) is 58.5 Å². The molecule has 100 valence electrons. The lowest BCUT2D eigenvalue weighted by Gasteiger charge is -2.03. The van der Waals surface area contributed by atoms with Gasteiger partial charge in [-0.1, -0.05) is 24.3 Å². The minimum absolute atomic E-state index is 0.151. The number of para-hydroxylation sites is 1. The third-order valence-corrected chi connectivity index (χ3v) is 3.55. The van der Waals surface area contributed by atoms with Crippen molar-refractivity contribution in [3.8, 4) is 0 Å². The van der Waals surface area contributed by atoms with Crippen molar-refractivity contribution in [2.75, 3.05) is 0 Å². The molecule has 1 aromatic carbocycles. The molecule has 0 unspecified atom stereocenters. The maximum Gasteiger partial charge on any atom is 0.305 e. The highest BCUT2D eigenvalue weighted by atomic mass is 32.1. The number of nitrogens with one attached hydrogen (secondary N) is 2. The molecule has 0 radical (unpaired) electrons. The molecule has 0 aliphatic rings. The molecule has 2 aromatic heterocycles. The van der Waals surface area contributed by atoms with Crippen molar-refractivity contribution in [2.24, 2.45) is 0 Å². The average Bonchev–Trinajstić information content (AvgIpc) is 3.12. The summed E-state index contributed by atoms with van der Waals surface area (Å²) in [5.74, 6) is -0.701. The Kier molecular flexibility index (Phi) is 3.22. The molecule has 2 amide bonds. The molecule has 0 saturated carbocycles. The van der Waals surface area contributed by atoms with Crippen LogP contribution in [0.1, 0.15) is 20.2 Å². The lowest BCUT2D eigenvalue weighted by molar-refractivity contribution is 0.0834. The highest BCUT2D eigenvalue weighted by Crippen LogP contribution is 2.18. The molecule has 6 heteroatoms. The van der Waals surface area contributed by atoms with Crippen molar-refractivity contribution in [1.29, 1.82) is 0 Å². The van der Waals surface area contributed by atoms with E-state index in [1.54, 1.807) is 29.6 Å². The molecule has 5 nitrogen and oxygen atoms in total. The molecule has 0 bridgehead atoms. The summed E-state index contributed by atoms with van der Waals surface area (Å²) in [5, 5.41) is 2.62. The Balaban J connectivity index is 1.68. The fourth-order valence-electron chi connectivity index (χ4n) is 1.74. The summed E-state index contributed by atoms with van der Waals surface area (Å²) in [7, 11) is 0. The quantitative estimate of drug-likeness (QED) is 0.711. The lowest BCUT2D eigenvalue weighted by atomic mass is 10.2. The van der Waals surface area contributed by atoms with E-state index in [2.05, 4.69) is 10.9 Å². The fraction of sp³-hybridized carbons (Fsp3) is 0. The molecular weight excluding hydrogens is 276 g/mol. The van der Waals surface area contributed by atoms with Crippen molar-refractivity contribution in [3.63, 3.8) is 0 Å². The summed E-state index contributed by atoms with van der Waals surface area (Å²) in [5.41, 5.74) is 5.29. The molecule has 2 heterocycles. The van der Waals surface area contributed by atoms with Crippen molar-refractivity contribution in [2.45, 2.75) is 0 Å². The first kappa shape index (κ1) is 12.4. The summed E-state index contributed by atoms with van der Waals surface area (Å²) in [6.07, 6.45) is 0. The third kappa shape index (κ3) is 2.41. The average molecular weight is 286 g/mol. The fourth-order valence-corrected chi connectivity index (χ4v) is 2.36. The van der Waals surface area contributed by atoms with Crippen LogP contribution in [0.4, 0.5) is 0 Å². The number of hydrogen-bond donors (Lipinski definition) is 2. The Morgan fingerprint density at radius 3 is 2.55 bits per heavy atom. The zero-order valence-corrected chi connectivity index (χ0v) is 11.1. The van der Waals surface area contributed by atoms with Crippen LogP contribution in [0.3, 0.4) is 0 Å². The van der Waals surface area contributed by atoms with Gasteiger partial charge in [0.2, 0.25) is 0 Å². The van der Waals surface area contributed by atoms with Gasteiger partial charge in [-0.3, -0.25) is 20.4 Å². The van der Waals surface area contributed by atoms with E-state index in [0.717, 1.165) is 5.39 Å². The summed E-state index contributed by atoms with van der Waals surface area (Å²) >= 11 is 1.30. The van der Waals surface area contributed by atoms with Gasteiger partial charge in [-0.25, -0.2) is 0 Å². The first-order valence-corrected chi connectivity index (χ1v) is 6.75.